The first kappa shape index (κ1) is 19.1. The quantitative estimate of drug-likeness (QED) is 0.884. The second kappa shape index (κ2) is 8.35. The summed E-state index contributed by atoms with van der Waals surface area (Å²) in [6.07, 6.45) is -0.0271. The topological polar surface area (TPSA) is 60.9 Å². The molecule has 0 unspecified atom stereocenters. The van der Waals surface area contributed by atoms with Gasteiger partial charge in [0.1, 0.15) is 0 Å². The van der Waals surface area contributed by atoms with Crippen LogP contribution in [0.2, 0.25) is 0 Å². The molecule has 1 N–H and O–H groups in total. The molecule has 142 valence electrons. The van der Waals surface area contributed by atoms with Crippen LogP contribution < -0.4 is 0 Å². The highest BCUT2D eigenvalue weighted by molar-refractivity contribution is 5.94. The van der Waals surface area contributed by atoms with E-state index < -0.39 is 5.97 Å². The van der Waals surface area contributed by atoms with Gasteiger partial charge in [-0.05, 0) is 37.1 Å². The molecule has 1 saturated heterocycles. The van der Waals surface area contributed by atoms with Crippen LogP contribution in [0.4, 0.5) is 0 Å². The van der Waals surface area contributed by atoms with E-state index in [0.717, 1.165) is 6.54 Å². The van der Waals surface area contributed by atoms with Crippen LogP contribution in [0.15, 0.2) is 54.6 Å². The number of amides is 1. The lowest BCUT2D eigenvalue weighted by Gasteiger charge is -2.44. The fourth-order valence-corrected chi connectivity index (χ4v) is 3.75. The Bertz CT molecular complexity index is 777. The van der Waals surface area contributed by atoms with Gasteiger partial charge in [-0.25, -0.2) is 0 Å². The number of hydrogen-bond donors (Lipinski definition) is 1. The summed E-state index contributed by atoms with van der Waals surface area (Å²) in [7, 11) is 0. The van der Waals surface area contributed by atoms with Gasteiger partial charge in [0.2, 0.25) is 0 Å². The molecular formula is C22H26N2O3. The molecule has 0 aromatic heterocycles. The standard InChI is InChI=1S/C22H26N2O3/c1-16-13-23(14-17(2)24(16)15-19-6-4-3-5-7-19)22(27)20-10-8-18(9-11-20)12-21(25)26/h3-11,16-17H,12-15H2,1-2H3,(H,25,26)/t16-,17+. The molecule has 0 radical (unpaired) electrons. The monoisotopic (exact) mass is 366 g/mol. The molecule has 0 bridgehead atoms. The largest absolute Gasteiger partial charge is 0.481 e. The first-order valence-corrected chi connectivity index (χ1v) is 9.33. The van der Waals surface area contributed by atoms with Gasteiger partial charge in [0, 0.05) is 37.3 Å². The maximum atomic E-state index is 12.9. The molecule has 1 aliphatic heterocycles. The average Bonchev–Trinajstić information content (AvgIpc) is 2.65. The molecule has 1 aliphatic rings. The maximum Gasteiger partial charge on any atom is 0.307 e. The van der Waals surface area contributed by atoms with E-state index in [2.05, 4.69) is 43.0 Å². The Balaban J connectivity index is 1.65. The zero-order valence-corrected chi connectivity index (χ0v) is 15.8. The van der Waals surface area contributed by atoms with E-state index in [1.807, 2.05) is 11.0 Å². The predicted octanol–water partition coefficient (Wildman–Crippen LogP) is 3.05. The van der Waals surface area contributed by atoms with E-state index in [-0.39, 0.29) is 24.4 Å². The lowest BCUT2D eigenvalue weighted by molar-refractivity contribution is -0.136. The smallest absolute Gasteiger partial charge is 0.307 e. The number of carboxylic acids is 1. The fraction of sp³-hybridized carbons (Fsp3) is 0.364. The van der Waals surface area contributed by atoms with Gasteiger partial charge in [0.15, 0.2) is 0 Å². The van der Waals surface area contributed by atoms with Gasteiger partial charge in [-0.15, -0.1) is 0 Å². The van der Waals surface area contributed by atoms with Crippen molar-refractivity contribution in [3.05, 3.63) is 71.3 Å². The van der Waals surface area contributed by atoms with Gasteiger partial charge in [-0.3, -0.25) is 14.5 Å². The molecule has 0 spiro atoms. The van der Waals surface area contributed by atoms with Crippen LogP contribution in [0.25, 0.3) is 0 Å². The fourth-order valence-electron chi connectivity index (χ4n) is 3.75. The Morgan fingerprint density at radius 1 is 0.926 bits per heavy atom. The number of carbonyl (C=O) groups excluding carboxylic acids is 1. The molecule has 1 heterocycles. The van der Waals surface area contributed by atoms with Gasteiger partial charge in [-0.1, -0.05) is 42.5 Å². The third-order valence-electron chi connectivity index (χ3n) is 5.15. The van der Waals surface area contributed by atoms with Gasteiger partial charge >= 0.3 is 5.97 Å². The van der Waals surface area contributed by atoms with Crippen LogP contribution in [0.3, 0.4) is 0 Å². The molecule has 0 saturated carbocycles. The number of benzene rings is 2. The van der Waals surface area contributed by atoms with Crippen LogP contribution in [0, 0.1) is 0 Å². The maximum absolute atomic E-state index is 12.9. The third-order valence-corrected chi connectivity index (χ3v) is 5.15. The highest BCUT2D eigenvalue weighted by Gasteiger charge is 2.32. The SMILES string of the molecule is C[C@@H]1CN(C(=O)c2ccc(CC(=O)O)cc2)C[C@H](C)N1Cc1ccccc1. The second-order valence-electron chi connectivity index (χ2n) is 7.33. The Morgan fingerprint density at radius 3 is 2.07 bits per heavy atom. The first-order valence-electron chi connectivity index (χ1n) is 9.33. The lowest BCUT2D eigenvalue weighted by atomic mass is 10.0. The average molecular weight is 366 g/mol. The molecule has 2 aromatic carbocycles. The minimum atomic E-state index is -0.869. The summed E-state index contributed by atoms with van der Waals surface area (Å²) in [5.41, 5.74) is 2.60. The molecule has 2 atom stereocenters. The molecule has 1 amide bonds. The van der Waals surface area contributed by atoms with Crippen molar-refractivity contribution < 1.29 is 14.7 Å². The Kier molecular flexibility index (Phi) is 5.91. The van der Waals surface area contributed by atoms with E-state index in [1.54, 1.807) is 24.3 Å². The van der Waals surface area contributed by atoms with Crippen LogP contribution in [-0.4, -0.2) is 52.0 Å². The van der Waals surface area contributed by atoms with E-state index in [0.29, 0.717) is 24.2 Å². The Hall–Kier alpha value is -2.66. The zero-order chi connectivity index (χ0) is 19.4. The summed E-state index contributed by atoms with van der Waals surface area (Å²) in [4.78, 5) is 28.0. The van der Waals surface area contributed by atoms with Crippen LogP contribution >= 0.6 is 0 Å². The van der Waals surface area contributed by atoms with Crippen LogP contribution in [0.5, 0.6) is 0 Å². The van der Waals surface area contributed by atoms with Crippen molar-refractivity contribution in [1.29, 1.82) is 0 Å². The van der Waals surface area contributed by atoms with E-state index in [9.17, 15) is 9.59 Å². The molecule has 27 heavy (non-hydrogen) atoms. The van der Waals surface area contributed by atoms with Gasteiger partial charge in [-0.2, -0.15) is 0 Å². The zero-order valence-electron chi connectivity index (χ0n) is 15.8. The molecular weight excluding hydrogens is 340 g/mol. The molecule has 5 nitrogen and oxygen atoms in total. The van der Waals surface area contributed by atoms with Crippen molar-refractivity contribution in [1.82, 2.24) is 9.80 Å². The van der Waals surface area contributed by atoms with Crippen molar-refractivity contribution in [3.63, 3.8) is 0 Å². The van der Waals surface area contributed by atoms with E-state index in [1.165, 1.54) is 5.56 Å². The second-order valence-corrected chi connectivity index (χ2v) is 7.33. The van der Waals surface area contributed by atoms with Crippen molar-refractivity contribution in [2.75, 3.05) is 13.1 Å². The third kappa shape index (κ3) is 4.74. The normalized spacial score (nSPS) is 20.4. The number of carbonyl (C=O) groups is 2. The van der Waals surface area contributed by atoms with E-state index in [4.69, 9.17) is 5.11 Å². The molecule has 0 aliphatic carbocycles. The minimum absolute atomic E-state index is 0.00920. The van der Waals surface area contributed by atoms with Gasteiger partial charge in [0.25, 0.3) is 5.91 Å². The van der Waals surface area contributed by atoms with Crippen molar-refractivity contribution >= 4 is 11.9 Å². The summed E-state index contributed by atoms with van der Waals surface area (Å²) in [5.74, 6) is -0.860. The number of piperazine rings is 1. The first-order chi connectivity index (χ1) is 12.9. The minimum Gasteiger partial charge on any atom is -0.481 e. The molecule has 5 heteroatoms. The van der Waals surface area contributed by atoms with Crippen LogP contribution in [0.1, 0.15) is 35.3 Å². The number of nitrogens with zero attached hydrogens (tertiary/aromatic N) is 2. The van der Waals surface area contributed by atoms with Gasteiger partial charge in [0.05, 0.1) is 6.42 Å². The summed E-state index contributed by atoms with van der Waals surface area (Å²) in [5, 5.41) is 8.86. The van der Waals surface area contributed by atoms with Crippen molar-refractivity contribution in [2.45, 2.75) is 38.9 Å². The molecule has 2 aromatic rings. The Morgan fingerprint density at radius 2 is 1.52 bits per heavy atom. The predicted molar refractivity (Wildman–Crippen MR) is 105 cm³/mol. The summed E-state index contributed by atoms with van der Waals surface area (Å²) in [6.45, 7) is 6.58. The van der Waals surface area contributed by atoms with Crippen LogP contribution in [-0.2, 0) is 17.8 Å². The Labute approximate surface area is 160 Å². The van der Waals surface area contributed by atoms with Gasteiger partial charge < -0.3 is 10.0 Å². The molecule has 3 rings (SSSR count). The number of carboxylic acid groups (broad SMARTS) is 1. The molecule has 1 fully saturated rings. The highest BCUT2D eigenvalue weighted by Crippen LogP contribution is 2.21. The summed E-state index contributed by atoms with van der Waals surface area (Å²) < 4.78 is 0. The highest BCUT2D eigenvalue weighted by atomic mass is 16.4. The number of aliphatic carboxylic acids is 1. The van der Waals surface area contributed by atoms with Crippen molar-refractivity contribution in [2.24, 2.45) is 0 Å². The number of hydrogen-bond acceptors (Lipinski definition) is 3. The summed E-state index contributed by atoms with van der Waals surface area (Å²) in [6, 6.07) is 17.8. The number of rotatable bonds is 5. The summed E-state index contributed by atoms with van der Waals surface area (Å²) >= 11 is 0. The van der Waals surface area contributed by atoms with Crippen molar-refractivity contribution in [3.8, 4) is 0 Å². The van der Waals surface area contributed by atoms with E-state index >= 15 is 0 Å². The lowest BCUT2D eigenvalue weighted by Crippen LogP contribution is -2.57.